The Morgan fingerprint density at radius 1 is 1.06 bits per heavy atom. The van der Waals surface area contributed by atoms with E-state index in [1.807, 2.05) is 49.4 Å². The van der Waals surface area contributed by atoms with Crippen LogP contribution in [0.4, 0.5) is 5.69 Å². The quantitative estimate of drug-likeness (QED) is 0.462. The summed E-state index contributed by atoms with van der Waals surface area (Å²) in [6.07, 6.45) is 1.09. The molecule has 2 aromatic carbocycles. The first kappa shape index (κ1) is 23.3. The molecule has 3 rings (SSSR count). The van der Waals surface area contributed by atoms with Gasteiger partial charge in [0.05, 0.1) is 36.5 Å². The summed E-state index contributed by atoms with van der Waals surface area (Å²) >= 11 is 0. The number of aryl methyl sites for hydroxylation is 1. The van der Waals surface area contributed by atoms with Crippen LogP contribution in [-0.4, -0.2) is 30.5 Å². The SMILES string of the molecule is COC(=O)CCNC(=O)c1ccc(C(CC(C)C)Nc2cc3ccccc3nc2C)cc1. The van der Waals surface area contributed by atoms with E-state index in [-0.39, 0.29) is 30.9 Å². The Morgan fingerprint density at radius 2 is 1.78 bits per heavy atom. The predicted octanol–water partition coefficient (Wildman–Crippen LogP) is 5.04. The number of benzene rings is 2. The topological polar surface area (TPSA) is 80.3 Å². The van der Waals surface area contributed by atoms with Crippen molar-refractivity contribution >= 4 is 28.5 Å². The fourth-order valence-electron chi connectivity index (χ4n) is 3.64. The van der Waals surface area contributed by atoms with Crippen LogP contribution >= 0.6 is 0 Å². The van der Waals surface area contributed by atoms with Crippen LogP contribution in [0.3, 0.4) is 0 Å². The molecule has 0 radical (unpaired) electrons. The van der Waals surface area contributed by atoms with E-state index in [0.29, 0.717) is 11.5 Å². The molecule has 0 spiro atoms. The van der Waals surface area contributed by atoms with Crippen LogP contribution in [-0.2, 0) is 9.53 Å². The van der Waals surface area contributed by atoms with E-state index in [1.54, 1.807) is 0 Å². The average Bonchev–Trinajstić information content (AvgIpc) is 2.78. The summed E-state index contributed by atoms with van der Waals surface area (Å²) in [4.78, 5) is 28.3. The second kappa shape index (κ2) is 10.8. The van der Waals surface area contributed by atoms with Crippen molar-refractivity contribution in [3.63, 3.8) is 0 Å². The molecular formula is C26H31N3O3. The van der Waals surface area contributed by atoms with Gasteiger partial charge >= 0.3 is 5.97 Å². The molecule has 0 aliphatic heterocycles. The third-order valence-corrected chi connectivity index (χ3v) is 5.37. The molecule has 0 saturated heterocycles. The molecule has 3 aromatic rings. The molecule has 0 bridgehead atoms. The van der Waals surface area contributed by atoms with E-state index in [2.05, 4.69) is 41.4 Å². The Hall–Kier alpha value is -3.41. The molecule has 32 heavy (non-hydrogen) atoms. The summed E-state index contributed by atoms with van der Waals surface area (Å²) in [5, 5.41) is 7.52. The number of hydrogen-bond acceptors (Lipinski definition) is 5. The maximum Gasteiger partial charge on any atom is 0.307 e. The Labute approximate surface area is 189 Å². The van der Waals surface area contributed by atoms with E-state index >= 15 is 0 Å². The van der Waals surface area contributed by atoms with Crippen LogP contribution in [0, 0.1) is 12.8 Å². The number of rotatable bonds is 9. The number of pyridine rings is 1. The summed E-state index contributed by atoms with van der Waals surface area (Å²) in [5.74, 6) is -0.0624. The third kappa shape index (κ3) is 6.06. The van der Waals surface area contributed by atoms with Gasteiger partial charge in [-0.15, -0.1) is 0 Å². The van der Waals surface area contributed by atoms with Gasteiger partial charge in [-0.2, -0.15) is 0 Å². The third-order valence-electron chi connectivity index (χ3n) is 5.37. The predicted molar refractivity (Wildman–Crippen MR) is 128 cm³/mol. The smallest absolute Gasteiger partial charge is 0.307 e. The van der Waals surface area contributed by atoms with Gasteiger partial charge in [0, 0.05) is 17.5 Å². The van der Waals surface area contributed by atoms with Crippen molar-refractivity contribution in [1.82, 2.24) is 10.3 Å². The van der Waals surface area contributed by atoms with Gasteiger partial charge in [0.2, 0.25) is 0 Å². The van der Waals surface area contributed by atoms with Crippen molar-refractivity contribution in [3.05, 3.63) is 71.4 Å². The molecule has 6 nitrogen and oxygen atoms in total. The highest BCUT2D eigenvalue weighted by Crippen LogP contribution is 2.29. The van der Waals surface area contributed by atoms with Crippen molar-refractivity contribution in [2.45, 2.75) is 39.7 Å². The first-order chi connectivity index (χ1) is 15.4. The van der Waals surface area contributed by atoms with Crippen LogP contribution in [0.2, 0.25) is 0 Å². The minimum atomic E-state index is -0.346. The Kier molecular flexibility index (Phi) is 7.82. The molecule has 0 aliphatic rings. The number of nitrogens with zero attached hydrogens (tertiary/aromatic N) is 1. The van der Waals surface area contributed by atoms with E-state index in [1.165, 1.54) is 7.11 Å². The second-order valence-electron chi connectivity index (χ2n) is 8.34. The van der Waals surface area contributed by atoms with Gasteiger partial charge in [0.1, 0.15) is 0 Å². The fraction of sp³-hybridized carbons (Fsp3) is 0.346. The van der Waals surface area contributed by atoms with E-state index in [4.69, 9.17) is 4.98 Å². The van der Waals surface area contributed by atoms with E-state index in [0.717, 1.165) is 34.3 Å². The molecule has 0 saturated carbocycles. The monoisotopic (exact) mass is 433 g/mol. The molecule has 1 heterocycles. The number of aromatic nitrogens is 1. The van der Waals surface area contributed by atoms with Gasteiger partial charge in [-0.1, -0.05) is 44.2 Å². The van der Waals surface area contributed by atoms with Crippen LogP contribution < -0.4 is 10.6 Å². The zero-order valence-electron chi connectivity index (χ0n) is 19.1. The lowest BCUT2D eigenvalue weighted by Gasteiger charge is -2.23. The molecule has 0 fully saturated rings. The molecule has 168 valence electrons. The normalized spacial score (nSPS) is 11.9. The second-order valence-corrected chi connectivity index (χ2v) is 8.34. The van der Waals surface area contributed by atoms with Crippen LogP contribution in [0.25, 0.3) is 10.9 Å². The largest absolute Gasteiger partial charge is 0.469 e. The number of carbonyl (C=O) groups excluding carboxylic acids is 2. The first-order valence-electron chi connectivity index (χ1n) is 10.9. The Balaban J connectivity index is 1.75. The van der Waals surface area contributed by atoms with E-state index < -0.39 is 0 Å². The summed E-state index contributed by atoms with van der Waals surface area (Å²) in [7, 11) is 1.33. The zero-order valence-corrected chi connectivity index (χ0v) is 19.1. The van der Waals surface area contributed by atoms with Gasteiger partial charge in [-0.25, -0.2) is 0 Å². The number of nitrogens with one attached hydrogen (secondary N) is 2. The first-order valence-corrected chi connectivity index (χ1v) is 10.9. The van der Waals surface area contributed by atoms with Gasteiger partial charge in [0.25, 0.3) is 5.91 Å². The summed E-state index contributed by atoms with van der Waals surface area (Å²) in [6, 6.07) is 18.0. The highest BCUT2D eigenvalue weighted by Gasteiger charge is 2.16. The van der Waals surface area contributed by atoms with Crippen molar-refractivity contribution < 1.29 is 14.3 Å². The Morgan fingerprint density at radius 3 is 2.47 bits per heavy atom. The lowest BCUT2D eigenvalue weighted by molar-refractivity contribution is -0.140. The molecule has 1 aromatic heterocycles. The van der Waals surface area contributed by atoms with Crippen molar-refractivity contribution in [1.29, 1.82) is 0 Å². The van der Waals surface area contributed by atoms with Crippen LogP contribution in [0.15, 0.2) is 54.6 Å². The van der Waals surface area contributed by atoms with Gasteiger partial charge in [0.15, 0.2) is 0 Å². The van der Waals surface area contributed by atoms with Crippen molar-refractivity contribution in [2.24, 2.45) is 5.92 Å². The number of esters is 1. The van der Waals surface area contributed by atoms with Crippen LogP contribution in [0.5, 0.6) is 0 Å². The number of para-hydroxylation sites is 1. The number of methoxy groups -OCH3 is 1. The number of hydrogen-bond donors (Lipinski definition) is 2. The lowest BCUT2D eigenvalue weighted by atomic mass is 9.95. The molecule has 0 aliphatic carbocycles. The minimum absolute atomic E-state index is 0.0908. The summed E-state index contributed by atoms with van der Waals surface area (Å²) < 4.78 is 4.59. The minimum Gasteiger partial charge on any atom is -0.469 e. The average molecular weight is 434 g/mol. The molecule has 1 atom stereocenters. The van der Waals surface area contributed by atoms with Crippen molar-refractivity contribution in [2.75, 3.05) is 19.0 Å². The molecular weight excluding hydrogens is 402 g/mol. The number of anilines is 1. The maximum absolute atomic E-state index is 12.3. The maximum atomic E-state index is 12.3. The van der Waals surface area contributed by atoms with Gasteiger partial charge in [-0.3, -0.25) is 14.6 Å². The lowest BCUT2D eigenvalue weighted by Crippen LogP contribution is -2.26. The van der Waals surface area contributed by atoms with Crippen molar-refractivity contribution in [3.8, 4) is 0 Å². The standard InChI is InChI=1S/C26H31N3O3/c1-17(2)15-24(29-23-16-21-7-5-6-8-22(21)28-18(23)3)19-9-11-20(12-10-19)26(31)27-14-13-25(30)32-4/h5-12,16-17,24,29H,13-15H2,1-4H3,(H,27,31). The van der Waals surface area contributed by atoms with Gasteiger partial charge in [-0.05, 0) is 49.1 Å². The summed E-state index contributed by atoms with van der Waals surface area (Å²) in [5.41, 5.74) is 4.62. The highest BCUT2D eigenvalue weighted by molar-refractivity contribution is 5.94. The van der Waals surface area contributed by atoms with E-state index in [9.17, 15) is 9.59 Å². The summed E-state index contributed by atoms with van der Waals surface area (Å²) in [6.45, 7) is 6.66. The number of fused-ring (bicyclic) bond motifs is 1. The number of ether oxygens (including phenoxy) is 1. The number of amides is 1. The van der Waals surface area contributed by atoms with Crippen LogP contribution in [0.1, 0.15) is 54.3 Å². The highest BCUT2D eigenvalue weighted by atomic mass is 16.5. The molecule has 6 heteroatoms. The van der Waals surface area contributed by atoms with Gasteiger partial charge < -0.3 is 15.4 Å². The number of carbonyl (C=O) groups is 2. The fourth-order valence-corrected chi connectivity index (χ4v) is 3.64. The zero-order chi connectivity index (χ0) is 23.1. The molecule has 1 amide bonds. The Bertz CT molecular complexity index is 1080. The molecule has 2 N–H and O–H groups in total. The molecule has 1 unspecified atom stereocenters.